The van der Waals surface area contributed by atoms with E-state index in [2.05, 4.69) is 40.3 Å². The highest BCUT2D eigenvalue weighted by molar-refractivity contribution is 9.10. The highest BCUT2D eigenvalue weighted by Crippen LogP contribution is 2.26. The van der Waals surface area contributed by atoms with Gasteiger partial charge in [-0.25, -0.2) is 0 Å². The van der Waals surface area contributed by atoms with Crippen LogP contribution in [0.15, 0.2) is 33.2 Å². The lowest BCUT2D eigenvalue weighted by Gasteiger charge is -1.95. The third-order valence-corrected chi connectivity index (χ3v) is 2.72. The minimum atomic E-state index is 0.789. The molecule has 0 saturated carbocycles. The van der Waals surface area contributed by atoms with E-state index in [4.69, 9.17) is 4.42 Å². The van der Waals surface area contributed by atoms with E-state index >= 15 is 0 Å². The predicted molar refractivity (Wildman–Crippen MR) is 61.3 cm³/mol. The molecule has 1 N–H and O–H groups in total. The Labute approximate surface area is 91.4 Å². The summed E-state index contributed by atoms with van der Waals surface area (Å²) >= 11 is 3.46. The number of halogens is 1. The zero-order valence-corrected chi connectivity index (χ0v) is 9.60. The first-order valence-corrected chi connectivity index (χ1v) is 5.48. The van der Waals surface area contributed by atoms with Gasteiger partial charge in [0.1, 0.15) is 11.3 Å². The fraction of sp³-hybridized carbons (Fsp3) is 0.273. The summed E-state index contributed by atoms with van der Waals surface area (Å²) in [5, 5.41) is 4.38. The summed E-state index contributed by atoms with van der Waals surface area (Å²) in [4.78, 5) is 0. The molecule has 1 aromatic heterocycles. The van der Waals surface area contributed by atoms with Gasteiger partial charge in [0.15, 0.2) is 0 Å². The second kappa shape index (κ2) is 4.15. The van der Waals surface area contributed by atoms with Crippen LogP contribution in [-0.4, -0.2) is 6.54 Å². The van der Waals surface area contributed by atoms with Crippen LogP contribution < -0.4 is 5.32 Å². The Balaban J connectivity index is 2.36. The minimum absolute atomic E-state index is 0.789. The number of nitrogens with one attached hydrogen (secondary N) is 1. The maximum atomic E-state index is 5.69. The second-order valence-electron chi connectivity index (χ2n) is 3.15. The molecule has 1 aromatic carbocycles. The van der Waals surface area contributed by atoms with Gasteiger partial charge in [-0.2, -0.15) is 0 Å². The average Bonchev–Trinajstić information content (AvgIpc) is 2.59. The summed E-state index contributed by atoms with van der Waals surface area (Å²) in [5.74, 6) is 0.980. The monoisotopic (exact) mass is 253 g/mol. The lowest BCUT2D eigenvalue weighted by Crippen LogP contribution is -2.10. The lowest BCUT2D eigenvalue weighted by atomic mass is 10.2. The normalized spacial score (nSPS) is 11.0. The zero-order chi connectivity index (χ0) is 9.97. The third kappa shape index (κ3) is 1.83. The Hall–Kier alpha value is -0.800. The van der Waals surface area contributed by atoms with E-state index in [0.29, 0.717) is 0 Å². The molecule has 0 unspecified atom stereocenters. The fourth-order valence-electron chi connectivity index (χ4n) is 1.42. The van der Waals surface area contributed by atoms with Crippen LogP contribution in [-0.2, 0) is 6.54 Å². The first kappa shape index (κ1) is 9.74. The molecule has 0 aliphatic carbocycles. The molecule has 74 valence electrons. The Morgan fingerprint density at radius 1 is 1.43 bits per heavy atom. The van der Waals surface area contributed by atoms with Crippen molar-refractivity contribution in [2.75, 3.05) is 6.54 Å². The first-order valence-electron chi connectivity index (χ1n) is 4.69. The summed E-state index contributed by atoms with van der Waals surface area (Å²) in [6.07, 6.45) is 0. The molecule has 0 bridgehead atoms. The lowest BCUT2D eigenvalue weighted by molar-refractivity contribution is 0.519. The summed E-state index contributed by atoms with van der Waals surface area (Å²) in [6, 6.07) is 8.13. The van der Waals surface area contributed by atoms with Crippen LogP contribution in [0.3, 0.4) is 0 Å². The van der Waals surface area contributed by atoms with E-state index in [0.717, 1.165) is 34.3 Å². The molecule has 0 amide bonds. The standard InChI is InChI=1S/C11H12BrNO/c1-2-13-7-9-6-8-4-3-5-10(12)11(8)14-9/h3-6,13H,2,7H2,1H3. The number of hydrogen-bond donors (Lipinski definition) is 1. The molecule has 2 nitrogen and oxygen atoms in total. The van der Waals surface area contributed by atoms with E-state index in [1.165, 1.54) is 0 Å². The van der Waals surface area contributed by atoms with E-state index in [-0.39, 0.29) is 0 Å². The van der Waals surface area contributed by atoms with Crippen molar-refractivity contribution in [1.82, 2.24) is 5.32 Å². The van der Waals surface area contributed by atoms with Crippen molar-refractivity contribution >= 4 is 26.9 Å². The molecule has 0 aliphatic rings. The zero-order valence-electron chi connectivity index (χ0n) is 8.01. The molecule has 0 atom stereocenters. The molecule has 0 aliphatic heterocycles. The van der Waals surface area contributed by atoms with Crippen LogP contribution in [0.25, 0.3) is 11.0 Å². The highest BCUT2D eigenvalue weighted by atomic mass is 79.9. The van der Waals surface area contributed by atoms with E-state index in [1.807, 2.05) is 12.1 Å². The summed E-state index contributed by atoms with van der Waals surface area (Å²) in [6.45, 7) is 3.83. The van der Waals surface area contributed by atoms with Gasteiger partial charge in [-0.3, -0.25) is 0 Å². The SMILES string of the molecule is CCNCc1cc2cccc(Br)c2o1. The van der Waals surface area contributed by atoms with Gasteiger partial charge in [-0.15, -0.1) is 0 Å². The van der Waals surface area contributed by atoms with Crippen LogP contribution in [0.4, 0.5) is 0 Å². The van der Waals surface area contributed by atoms with E-state index in [9.17, 15) is 0 Å². The molecule has 0 fully saturated rings. The van der Waals surface area contributed by atoms with Gasteiger partial charge in [0.25, 0.3) is 0 Å². The van der Waals surface area contributed by atoms with Gasteiger partial charge in [0, 0.05) is 5.39 Å². The molecule has 0 radical (unpaired) electrons. The smallest absolute Gasteiger partial charge is 0.148 e. The van der Waals surface area contributed by atoms with Gasteiger partial charge in [-0.05, 0) is 34.6 Å². The number of hydrogen-bond acceptors (Lipinski definition) is 2. The summed E-state index contributed by atoms with van der Waals surface area (Å²) in [5.41, 5.74) is 0.931. The summed E-state index contributed by atoms with van der Waals surface area (Å²) < 4.78 is 6.70. The van der Waals surface area contributed by atoms with Crippen LogP contribution >= 0.6 is 15.9 Å². The van der Waals surface area contributed by atoms with Crippen LogP contribution in [0, 0.1) is 0 Å². The number of benzene rings is 1. The van der Waals surface area contributed by atoms with E-state index < -0.39 is 0 Å². The quantitative estimate of drug-likeness (QED) is 0.909. The van der Waals surface area contributed by atoms with Crippen molar-refractivity contribution in [3.05, 3.63) is 34.5 Å². The molecule has 1 heterocycles. The fourth-order valence-corrected chi connectivity index (χ4v) is 1.88. The largest absolute Gasteiger partial charge is 0.459 e. The van der Waals surface area contributed by atoms with Crippen molar-refractivity contribution in [2.24, 2.45) is 0 Å². The van der Waals surface area contributed by atoms with E-state index in [1.54, 1.807) is 0 Å². The molecule has 14 heavy (non-hydrogen) atoms. The highest BCUT2D eigenvalue weighted by Gasteiger charge is 2.05. The third-order valence-electron chi connectivity index (χ3n) is 2.10. The molecule has 0 saturated heterocycles. The number of rotatable bonds is 3. The van der Waals surface area contributed by atoms with Crippen molar-refractivity contribution < 1.29 is 4.42 Å². The Bertz CT molecular complexity index is 436. The van der Waals surface area contributed by atoms with Crippen molar-refractivity contribution in [3.63, 3.8) is 0 Å². The van der Waals surface area contributed by atoms with Gasteiger partial charge in [0.2, 0.25) is 0 Å². The molecule has 0 spiro atoms. The minimum Gasteiger partial charge on any atom is -0.459 e. The maximum absolute atomic E-state index is 5.69. The number of fused-ring (bicyclic) bond motifs is 1. The average molecular weight is 254 g/mol. The summed E-state index contributed by atoms with van der Waals surface area (Å²) in [7, 11) is 0. The first-order chi connectivity index (χ1) is 6.81. The van der Waals surface area contributed by atoms with Gasteiger partial charge in [0.05, 0.1) is 11.0 Å². The molecule has 3 heteroatoms. The molecular weight excluding hydrogens is 242 g/mol. The van der Waals surface area contributed by atoms with Crippen LogP contribution in [0.1, 0.15) is 12.7 Å². The van der Waals surface area contributed by atoms with Crippen LogP contribution in [0.5, 0.6) is 0 Å². The predicted octanol–water partition coefficient (Wildman–Crippen LogP) is 3.30. The van der Waals surface area contributed by atoms with Crippen LogP contribution in [0.2, 0.25) is 0 Å². The molecular formula is C11H12BrNO. The van der Waals surface area contributed by atoms with Crippen molar-refractivity contribution in [2.45, 2.75) is 13.5 Å². The van der Waals surface area contributed by atoms with Gasteiger partial charge < -0.3 is 9.73 Å². The number of para-hydroxylation sites is 1. The van der Waals surface area contributed by atoms with Gasteiger partial charge in [-0.1, -0.05) is 19.1 Å². The second-order valence-corrected chi connectivity index (χ2v) is 4.01. The Morgan fingerprint density at radius 3 is 3.00 bits per heavy atom. The molecule has 2 aromatic rings. The van der Waals surface area contributed by atoms with Crippen molar-refractivity contribution in [3.8, 4) is 0 Å². The molecule has 2 rings (SSSR count). The number of furan rings is 1. The maximum Gasteiger partial charge on any atom is 0.148 e. The Morgan fingerprint density at radius 2 is 2.29 bits per heavy atom. The van der Waals surface area contributed by atoms with Crippen molar-refractivity contribution in [1.29, 1.82) is 0 Å². The van der Waals surface area contributed by atoms with Gasteiger partial charge >= 0.3 is 0 Å². The Kier molecular flexibility index (Phi) is 2.89. The topological polar surface area (TPSA) is 25.2 Å².